The first-order valence-corrected chi connectivity index (χ1v) is 6.62. The summed E-state index contributed by atoms with van der Waals surface area (Å²) in [5.41, 5.74) is 0. The second-order valence-electron chi connectivity index (χ2n) is 5.60. The van der Waals surface area contributed by atoms with Gasteiger partial charge in [-0.05, 0) is 31.1 Å². The van der Waals surface area contributed by atoms with Crippen molar-refractivity contribution in [1.29, 1.82) is 0 Å². The summed E-state index contributed by atoms with van der Waals surface area (Å²) < 4.78 is 0. The third-order valence-electron chi connectivity index (χ3n) is 3.14. The van der Waals surface area contributed by atoms with Gasteiger partial charge in [-0.2, -0.15) is 0 Å². The summed E-state index contributed by atoms with van der Waals surface area (Å²) >= 11 is 0. The van der Waals surface area contributed by atoms with Crippen molar-refractivity contribution in [2.75, 3.05) is 26.7 Å². The maximum Gasteiger partial charge on any atom is 0.323 e. The maximum absolute atomic E-state index is 12.1. The topological polar surface area (TPSA) is 60.9 Å². The molecule has 1 N–H and O–H groups in total. The molecule has 0 aromatic heterocycles. The largest absolute Gasteiger partial charge is 0.480 e. The Morgan fingerprint density at radius 1 is 1.33 bits per heavy atom. The lowest BCUT2D eigenvalue weighted by Gasteiger charge is -2.27. The number of hydrogen-bond donors (Lipinski definition) is 1. The number of aliphatic carboxylic acids is 1. The van der Waals surface area contributed by atoms with E-state index in [0.717, 1.165) is 19.3 Å². The number of urea groups is 1. The van der Waals surface area contributed by atoms with Gasteiger partial charge in [0.25, 0.3) is 0 Å². The fraction of sp³-hybridized carbons (Fsp3) is 0.846. The number of rotatable bonds is 7. The van der Waals surface area contributed by atoms with Gasteiger partial charge in [-0.15, -0.1) is 0 Å². The molecule has 1 fully saturated rings. The molecule has 0 bridgehead atoms. The summed E-state index contributed by atoms with van der Waals surface area (Å²) in [6.07, 6.45) is 3.16. The monoisotopic (exact) mass is 256 g/mol. The van der Waals surface area contributed by atoms with E-state index in [0.29, 0.717) is 24.9 Å². The lowest BCUT2D eigenvalue weighted by Crippen LogP contribution is -2.45. The van der Waals surface area contributed by atoms with Crippen molar-refractivity contribution in [2.45, 2.75) is 33.1 Å². The van der Waals surface area contributed by atoms with E-state index in [1.807, 2.05) is 0 Å². The molecule has 0 spiro atoms. The molecule has 1 rings (SSSR count). The highest BCUT2D eigenvalue weighted by Crippen LogP contribution is 2.29. The number of hydrogen-bond acceptors (Lipinski definition) is 2. The SMILES string of the molecule is CC(C)CCN(C)C(=O)N(CC(=O)O)CC1CC1. The summed E-state index contributed by atoms with van der Waals surface area (Å²) in [6.45, 7) is 5.28. The highest BCUT2D eigenvalue weighted by molar-refractivity contribution is 5.80. The molecule has 1 aliphatic rings. The van der Waals surface area contributed by atoms with Crippen LogP contribution in [0.3, 0.4) is 0 Å². The van der Waals surface area contributed by atoms with Crippen LogP contribution >= 0.6 is 0 Å². The van der Waals surface area contributed by atoms with Crippen LogP contribution in [0.4, 0.5) is 4.79 Å². The smallest absolute Gasteiger partial charge is 0.323 e. The van der Waals surface area contributed by atoms with Gasteiger partial charge < -0.3 is 14.9 Å². The van der Waals surface area contributed by atoms with Crippen molar-refractivity contribution in [3.05, 3.63) is 0 Å². The van der Waals surface area contributed by atoms with Crippen LogP contribution in [-0.4, -0.2) is 53.6 Å². The summed E-state index contributed by atoms with van der Waals surface area (Å²) in [5.74, 6) is 0.102. The van der Waals surface area contributed by atoms with Gasteiger partial charge in [-0.3, -0.25) is 4.79 Å². The van der Waals surface area contributed by atoms with Gasteiger partial charge in [0, 0.05) is 20.1 Å². The Bertz CT molecular complexity index is 301. The van der Waals surface area contributed by atoms with E-state index in [2.05, 4.69) is 13.8 Å². The standard InChI is InChI=1S/C13H24N2O3/c1-10(2)6-7-14(3)13(18)15(9-12(16)17)8-11-4-5-11/h10-11H,4-9H2,1-3H3,(H,16,17). The Morgan fingerprint density at radius 3 is 2.39 bits per heavy atom. The predicted molar refractivity (Wildman–Crippen MR) is 69.4 cm³/mol. The Morgan fingerprint density at radius 2 is 1.94 bits per heavy atom. The third-order valence-corrected chi connectivity index (χ3v) is 3.14. The van der Waals surface area contributed by atoms with Gasteiger partial charge in [0.05, 0.1) is 0 Å². The van der Waals surface area contributed by atoms with Crippen LogP contribution in [0.5, 0.6) is 0 Å². The lowest BCUT2D eigenvalue weighted by atomic mass is 10.1. The molecule has 0 heterocycles. The molecule has 1 aliphatic carbocycles. The van der Waals surface area contributed by atoms with Gasteiger partial charge in [0.2, 0.25) is 0 Å². The number of nitrogens with zero attached hydrogens (tertiary/aromatic N) is 2. The third kappa shape index (κ3) is 5.38. The number of carbonyl (C=O) groups excluding carboxylic acids is 1. The molecule has 1 saturated carbocycles. The van der Waals surface area contributed by atoms with Crippen LogP contribution in [0.15, 0.2) is 0 Å². The van der Waals surface area contributed by atoms with Crippen molar-refractivity contribution in [3.8, 4) is 0 Å². The normalized spacial score (nSPS) is 14.7. The highest BCUT2D eigenvalue weighted by atomic mass is 16.4. The lowest BCUT2D eigenvalue weighted by molar-refractivity contribution is -0.137. The van der Waals surface area contributed by atoms with Gasteiger partial charge in [0.1, 0.15) is 6.54 Å². The fourth-order valence-corrected chi connectivity index (χ4v) is 1.77. The minimum Gasteiger partial charge on any atom is -0.480 e. The van der Waals surface area contributed by atoms with Gasteiger partial charge in [0.15, 0.2) is 0 Å². The fourth-order valence-electron chi connectivity index (χ4n) is 1.77. The molecule has 5 heteroatoms. The molecular weight excluding hydrogens is 232 g/mol. The first kappa shape index (κ1) is 14.8. The summed E-state index contributed by atoms with van der Waals surface area (Å²) in [7, 11) is 1.74. The Kier molecular flexibility index (Phi) is 5.44. The average Bonchev–Trinajstić information content (AvgIpc) is 3.07. The number of carboxylic acid groups (broad SMARTS) is 1. The van der Waals surface area contributed by atoms with Gasteiger partial charge in [-0.25, -0.2) is 4.79 Å². The zero-order valence-corrected chi connectivity index (χ0v) is 11.6. The van der Waals surface area contributed by atoms with Crippen LogP contribution in [0.2, 0.25) is 0 Å². The van der Waals surface area contributed by atoms with Crippen LogP contribution in [0.1, 0.15) is 33.1 Å². The molecule has 5 nitrogen and oxygen atoms in total. The zero-order chi connectivity index (χ0) is 13.7. The molecule has 0 saturated heterocycles. The molecule has 0 aliphatic heterocycles. The van der Waals surface area contributed by atoms with Crippen LogP contribution in [0.25, 0.3) is 0 Å². The predicted octanol–water partition coefficient (Wildman–Crippen LogP) is 1.88. The highest BCUT2D eigenvalue weighted by Gasteiger charge is 2.29. The van der Waals surface area contributed by atoms with Crippen molar-refractivity contribution < 1.29 is 14.7 Å². The molecule has 0 aromatic carbocycles. The molecule has 0 aromatic rings. The first-order valence-electron chi connectivity index (χ1n) is 6.62. The molecule has 18 heavy (non-hydrogen) atoms. The van der Waals surface area contributed by atoms with Crippen molar-refractivity contribution >= 4 is 12.0 Å². The molecule has 0 atom stereocenters. The van der Waals surface area contributed by atoms with E-state index >= 15 is 0 Å². The van der Waals surface area contributed by atoms with Crippen LogP contribution < -0.4 is 0 Å². The van der Waals surface area contributed by atoms with E-state index in [1.54, 1.807) is 11.9 Å². The van der Waals surface area contributed by atoms with E-state index in [9.17, 15) is 9.59 Å². The Balaban J connectivity index is 2.47. The van der Waals surface area contributed by atoms with E-state index in [-0.39, 0.29) is 12.6 Å². The minimum atomic E-state index is -0.943. The molecular formula is C13H24N2O3. The van der Waals surface area contributed by atoms with E-state index < -0.39 is 5.97 Å². The zero-order valence-electron chi connectivity index (χ0n) is 11.6. The first-order chi connectivity index (χ1) is 8.40. The van der Waals surface area contributed by atoms with Gasteiger partial charge >= 0.3 is 12.0 Å². The molecule has 0 radical (unpaired) electrons. The number of carbonyl (C=O) groups is 2. The van der Waals surface area contributed by atoms with Crippen molar-refractivity contribution in [3.63, 3.8) is 0 Å². The quantitative estimate of drug-likeness (QED) is 0.756. The summed E-state index contributed by atoms with van der Waals surface area (Å²) in [4.78, 5) is 26.0. The maximum atomic E-state index is 12.1. The number of carboxylic acids is 1. The average molecular weight is 256 g/mol. The summed E-state index contributed by atoms with van der Waals surface area (Å²) in [5, 5.41) is 8.85. The van der Waals surface area contributed by atoms with Crippen LogP contribution in [0, 0.1) is 11.8 Å². The van der Waals surface area contributed by atoms with E-state index in [1.165, 1.54) is 4.90 Å². The van der Waals surface area contributed by atoms with Gasteiger partial charge in [-0.1, -0.05) is 13.8 Å². The molecule has 104 valence electrons. The second kappa shape index (κ2) is 6.61. The minimum absolute atomic E-state index is 0.162. The second-order valence-corrected chi connectivity index (χ2v) is 5.60. The molecule has 2 amide bonds. The van der Waals surface area contributed by atoms with Crippen molar-refractivity contribution in [2.24, 2.45) is 11.8 Å². The Labute approximate surface area is 109 Å². The van der Waals surface area contributed by atoms with Crippen LogP contribution in [-0.2, 0) is 4.79 Å². The number of amides is 2. The van der Waals surface area contributed by atoms with Crippen molar-refractivity contribution in [1.82, 2.24) is 9.80 Å². The van der Waals surface area contributed by atoms with E-state index in [4.69, 9.17) is 5.11 Å². The molecule has 0 unspecified atom stereocenters. The summed E-state index contributed by atoms with van der Waals surface area (Å²) in [6, 6.07) is -0.162. The Hall–Kier alpha value is -1.26.